The van der Waals surface area contributed by atoms with Gasteiger partial charge in [0.05, 0.1) is 10.6 Å². The summed E-state index contributed by atoms with van der Waals surface area (Å²) >= 11 is 1.77. The van der Waals surface area contributed by atoms with Gasteiger partial charge in [0.25, 0.3) is 0 Å². The van der Waals surface area contributed by atoms with Gasteiger partial charge < -0.3 is 0 Å². The number of rotatable bonds is 2. The SMILES string of the molecule is Cc1ccc(N=N/C2=C3\C=C(C(C)(C)C)C(=O)C(=C3)C(C)(C)Cc3c2sc2ccccc32)cc1. The Kier molecular flexibility index (Phi) is 5.33. The number of carbonyl (C=O) groups is 1. The average Bonchev–Trinajstić information content (AvgIpc) is 3.11. The summed E-state index contributed by atoms with van der Waals surface area (Å²) in [7, 11) is 0. The number of Topliss-reactive ketones (excluding diaryl/α,β-unsaturated/α-hetero) is 1. The Morgan fingerprint density at radius 2 is 1.65 bits per heavy atom. The molecule has 34 heavy (non-hydrogen) atoms. The highest BCUT2D eigenvalue weighted by molar-refractivity contribution is 7.20. The van der Waals surface area contributed by atoms with Crippen molar-refractivity contribution in [1.82, 2.24) is 0 Å². The largest absolute Gasteiger partial charge is 0.289 e. The predicted octanol–water partition coefficient (Wildman–Crippen LogP) is 8.77. The molecule has 0 saturated heterocycles. The maximum absolute atomic E-state index is 13.7. The van der Waals surface area contributed by atoms with Gasteiger partial charge in [-0.15, -0.1) is 16.5 Å². The van der Waals surface area contributed by atoms with Crippen molar-refractivity contribution in [3.05, 3.63) is 93.4 Å². The molecule has 4 heteroatoms. The lowest BCUT2D eigenvalue weighted by Gasteiger charge is -2.35. The van der Waals surface area contributed by atoms with Crippen molar-refractivity contribution in [2.75, 3.05) is 0 Å². The van der Waals surface area contributed by atoms with Crippen molar-refractivity contribution in [3.8, 4) is 0 Å². The van der Waals surface area contributed by atoms with Crippen LogP contribution in [0.25, 0.3) is 15.8 Å². The summed E-state index contributed by atoms with van der Waals surface area (Å²) in [5, 5.41) is 10.7. The number of ketones is 1. The number of aryl methyl sites for hydroxylation is 1. The third kappa shape index (κ3) is 3.90. The highest BCUT2D eigenvalue weighted by Gasteiger charge is 2.39. The van der Waals surface area contributed by atoms with Gasteiger partial charge in [0.1, 0.15) is 5.70 Å². The molecule has 2 aromatic carbocycles. The molecular formula is C30H30N2OS. The number of hydrogen-bond acceptors (Lipinski definition) is 4. The molecule has 0 aliphatic heterocycles. The first kappa shape index (κ1) is 22.7. The Labute approximate surface area is 205 Å². The first-order valence-corrected chi connectivity index (χ1v) is 12.6. The molecule has 0 N–H and O–H groups in total. The number of nitrogens with zero attached hydrogens (tertiary/aromatic N) is 2. The van der Waals surface area contributed by atoms with E-state index in [1.807, 2.05) is 30.3 Å². The van der Waals surface area contributed by atoms with E-state index < -0.39 is 0 Å². The van der Waals surface area contributed by atoms with Gasteiger partial charge in [0.2, 0.25) is 0 Å². The summed E-state index contributed by atoms with van der Waals surface area (Å²) in [4.78, 5) is 14.8. The number of fused-ring (bicyclic) bond motifs is 4. The third-order valence-corrected chi connectivity index (χ3v) is 7.95. The minimum atomic E-state index is -0.300. The van der Waals surface area contributed by atoms with Crippen LogP contribution in [0.3, 0.4) is 0 Å². The minimum Gasteiger partial charge on any atom is -0.289 e. The zero-order chi connectivity index (χ0) is 24.3. The standard InChI is InChI=1S/C30H30N2OS/c1-18-11-13-20(14-12-18)31-32-26-19-15-23(29(2,3)4)27(33)24(16-19)30(5,6)17-22-21-9-7-8-10-25(21)34-28(22)26/h7-16H,17H2,1-6H3/b26-19+,32-31?. The molecule has 1 heterocycles. The number of carbonyl (C=O) groups excluding carboxylic acids is 1. The second kappa shape index (κ2) is 7.99. The predicted molar refractivity (Wildman–Crippen MR) is 143 cm³/mol. The maximum Gasteiger partial charge on any atom is 0.186 e. The van der Waals surface area contributed by atoms with E-state index in [1.165, 1.54) is 21.2 Å². The molecule has 3 nitrogen and oxygen atoms in total. The minimum absolute atomic E-state index is 0.152. The van der Waals surface area contributed by atoms with Gasteiger partial charge in [-0.2, -0.15) is 5.11 Å². The first-order chi connectivity index (χ1) is 16.0. The fourth-order valence-electron chi connectivity index (χ4n) is 4.78. The fraction of sp³-hybridized carbons (Fsp3) is 0.300. The third-order valence-electron chi connectivity index (χ3n) is 6.73. The molecule has 0 amide bonds. The molecule has 0 unspecified atom stereocenters. The Morgan fingerprint density at radius 3 is 2.35 bits per heavy atom. The van der Waals surface area contributed by atoms with E-state index >= 15 is 0 Å². The molecule has 0 spiro atoms. The number of allylic oxidation sites excluding steroid dienone is 5. The number of thiophene rings is 1. The fourth-order valence-corrected chi connectivity index (χ4v) is 6.01. The van der Waals surface area contributed by atoms with Gasteiger partial charge >= 0.3 is 0 Å². The van der Waals surface area contributed by atoms with Crippen molar-refractivity contribution in [2.45, 2.75) is 48.0 Å². The first-order valence-electron chi connectivity index (χ1n) is 11.8. The molecule has 2 bridgehead atoms. The summed E-state index contributed by atoms with van der Waals surface area (Å²) < 4.78 is 1.24. The highest BCUT2D eigenvalue weighted by atomic mass is 32.1. The molecule has 1 aromatic heterocycles. The summed E-state index contributed by atoms with van der Waals surface area (Å²) in [5.74, 6) is 0.152. The van der Waals surface area contributed by atoms with Gasteiger partial charge in [0, 0.05) is 21.4 Å². The van der Waals surface area contributed by atoms with E-state index in [9.17, 15) is 4.79 Å². The number of azo groups is 1. The Balaban J connectivity index is 1.82. The van der Waals surface area contributed by atoms with Crippen molar-refractivity contribution in [3.63, 3.8) is 0 Å². The monoisotopic (exact) mass is 466 g/mol. The molecule has 0 saturated carbocycles. The van der Waals surface area contributed by atoms with Crippen molar-refractivity contribution in [2.24, 2.45) is 21.1 Å². The summed E-state index contributed by atoms with van der Waals surface area (Å²) in [6.45, 7) is 12.8. The zero-order valence-electron chi connectivity index (χ0n) is 20.7. The van der Waals surface area contributed by atoms with Gasteiger partial charge in [-0.1, -0.05) is 70.5 Å². The molecule has 0 radical (unpaired) electrons. The van der Waals surface area contributed by atoms with Crippen LogP contribution in [0.2, 0.25) is 0 Å². The second-order valence-corrected chi connectivity index (χ2v) is 12.1. The van der Waals surface area contributed by atoms with Crippen LogP contribution in [0.1, 0.15) is 50.6 Å². The maximum atomic E-state index is 13.7. The van der Waals surface area contributed by atoms with E-state index in [1.54, 1.807) is 11.3 Å². The molecular weight excluding hydrogens is 436 g/mol. The normalized spacial score (nSPS) is 20.1. The second-order valence-electron chi connectivity index (χ2n) is 11.0. The smallest absolute Gasteiger partial charge is 0.186 e. The summed E-state index contributed by atoms with van der Waals surface area (Å²) in [6.07, 6.45) is 4.89. The van der Waals surface area contributed by atoms with Crippen LogP contribution in [0.4, 0.5) is 5.69 Å². The van der Waals surface area contributed by atoms with Gasteiger partial charge in [0.15, 0.2) is 5.78 Å². The molecule has 0 fully saturated rings. The van der Waals surface area contributed by atoms with Gasteiger partial charge in [-0.25, -0.2) is 0 Å². The van der Waals surface area contributed by atoms with Crippen LogP contribution in [-0.4, -0.2) is 5.78 Å². The topological polar surface area (TPSA) is 41.8 Å². The van der Waals surface area contributed by atoms with Crippen LogP contribution in [-0.2, 0) is 11.2 Å². The summed E-state index contributed by atoms with van der Waals surface area (Å²) in [5.41, 5.74) is 6.21. The number of benzene rings is 2. The van der Waals surface area contributed by atoms with Crippen LogP contribution < -0.4 is 0 Å². The Bertz CT molecular complexity index is 1440. The summed E-state index contributed by atoms with van der Waals surface area (Å²) in [6, 6.07) is 16.6. The molecule has 0 atom stereocenters. The Hall–Kier alpha value is -3.11. The van der Waals surface area contributed by atoms with Crippen molar-refractivity contribution in [1.29, 1.82) is 0 Å². The highest BCUT2D eigenvalue weighted by Crippen LogP contribution is 2.49. The van der Waals surface area contributed by atoms with Crippen LogP contribution >= 0.6 is 11.3 Å². The van der Waals surface area contributed by atoms with E-state index in [2.05, 4.69) is 77.0 Å². The molecule has 3 aromatic rings. The van der Waals surface area contributed by atoms with E-state index in [0.717, 1.165) is 39.4 Å². The van der Waals surface area contributed by atoms with E-state index in [-0.39, 0.29) is 16.6 Å². The van der Waals surface area contributed by atoms with E-state index in [0.29, 0.717) is 0 Å². The molecule has 2 aliphatic rings. The van der Waals surface area contributed by atoms with Crippen LogP contribution in [0.15, 0.2) is 87.6 Å². The van der Waals surface area contributed by atoms with Crippen LogP contribution in [0, 0.1) is 17.8 Å². The lowest BCUT2D eigenvalue weighted by atomic mass is 9.68. The molecule has 2 aliphatic carbocycles. The van der Waals surface area contributed by atoms with Crippen molar-refractivity contribution < 1.29 is 4.79 Å². The lowest BCUT2D eigenvalue weighted by Crippen LogP contribution is -2.31. The Morgan fingerprint density at radius 1 is 0.941 bits per heavy atom. The van der Waals surface area contributed by atoms with Gasteiger partial charge in [-0.3, -0.25) is 4.79 Å². The molecule has 172 valence electrons. The zero-order valence-corrected chi connectivity index (χ0v) is 21.5. The van der Waals surface area contributed by atoms with E-state index in [4.69, 9.17) is 5.11 Å². The van der Waals surface area contributed by atoms with Crippen molar-refractivity contribution >= 4 is 38.6 Å². The lowest BCUT2D eigenvalue weighted by molar-refractivity contribution is -0.114. The number of hydrogen-bond donors (Lipinski definition) is 0. The molecule has 5 rings (SSSR count). The van der Waals surface area contributed by atoms with Crippen LogP contribution in [0.5, 0.6) is 0 Å². The van der Waals surface area contributed by atoms with Gasteiger partial charge in [-0.05, 0) is 65.5 Å². The average molecular weight is 467 g/mol. The quantitative estimate of drug-likeness (QED) is 0.348.